The maximum absolute atomic E-state index is 11.8. The highest BCUT2D eigenvalue weighted by Gasteiger charge is 2.13. The van der Waals surface area contributed by atoms with Gasteiger partial charge in [0.1, 0.15) is 0 Å². The molecule has 0 atom stereocenters. The van der Waals surface area contributed by atoms with Gasteiger partial charge in [-0.25, -0.2) is 4.79 Å². The Hall–Kier alpha value is -1.75. The van der Waals surface area contributed by atoms with E-state index in [0.29, 0.717) is 20.8 Å². The average Bonchev–Trinajstić information content (AvgIpc) is 2.38. The molecular weight excluding hydrogens is 287 g/mol. The van der Waals surface area contributed by atoms with Crippen molar-refractivity contribution in [3.05, 3.63) is 58.6 Å². The second-order valence-corrected chi connectivity index (χ2v) is 4.61. The molecule has 0 saturated heterocycles. The van der Waals surface area contributed by atoms with E-state index < -0.39 is 6.03 Å². The maximum Gasteiger partial charge on any atom is 0.350 e. The van der Waals surface area contributed by atoms with Gasteiger partial charge >= 0.3 is 6.03 Å². The van der Waals surface area contributed by atoms with Crippen molar-refractivity contribution < 1.29 is 10.0 Å². The number of amides is 2. The minimum absolute atomic E-state index is 0.270. The molecule has 6 heteroatoms. The van der Waals surface area contributed by atoms with Crippen molar-refractivity contribution in [1.82, 2.24) is 0 Å². The van der Waals surface area contributed by atoms with Crippen molar-refractivity contribution in [1.29, 1.82) is 0 Å². The molecule has 19 heavy (non-hydrogen) atoms. The van der Waals surface area contributed by atoms with Gasteiger partial charge in [0.2, 0.25) is 0 Å². The summed E-state index contributed by atoms with van der Waals surface area (Å²) in [6.45, 7) is 0. The molecule has 0 heterocycles. The predicted molar refractivity (Wildman–Crippen MR) is 76.2 cm³/mol. The van der Waals surface area contributed by atoms with Crippen molar-refractivity contribution >= 4 is 40.6 Å². The van der Waals surface area contributed by atoms with Crippen LogP contribution < -0.4 is 10.4 Å². The Kier molecular flexibility index (Phi) is 4.27. The lowest BCUT2D eigenvalue weighted by Gasteiger charge is -2.16. The zero-order valence-electron chi connectivity index (χ0n) is 9.68. The maximum atomic E-state index is 11.8. The van der Waals surface area contributed by atoms with E-state index in [1.807, 2.05) is 0 Å². The molecule has 2 aromatic carbocycles. The van der Waals surface area contributed by atoms with Crippen LogP contribution in [0, 0.1) is 0 Å². The number of hydrogen-bond donors (Lipinski definition) is 2. The number of halogens is 2. The van der Waals surface area contributed by atoms with Crippen LogP contribution in [0.15, 0.2) is 48.5 Å². The average molecular weight is 297 g/mol. The molecule has 0 aliphatic carbocycles. The number of hydroxylamine groups is 1. The van der Waals surface area contributed by atoms with Crippen LogP contribution in [-0.2, 0) is 0 Å². The predicted octanol–water partition coefficient (Wildman–Crippen LogP) is 4.42. The number of carbonyl (C=O) groups excluding carboxylic acids is 1. The highest BCUT2D eigenvalue weighted by molar-refractivity contribution is 6.31. The van der Waals surface area contributed by atoms with Crippen LogP contribution in [0.3, 0.4) is 0 Å². The number of benzene rings is 2. The monoisotopic (exact) mass is 296 g/mol. The molecule has 0 bridgehead atoms. The summed E-state index contributed by atoms with van der Waals surface area (Å²) >= 11 is 11.6. The first-order chi connectivity index (χ1) is 9.06. The summed E-state index contributed by atoms with van der Waals surface area (Å²) in [6.07, 6.45) is 0. The molecule has 2 N–H and O–H groups in total. The number of hydrogen-bond acceptors (Lipinski definition) is 2. The van der Waals surface area contributed by atoms with Crippen molar-refractivity contribution in [3.8, 4) is 0 Å². The fourth-order valence-electron chi connectivity index (χ4n) is 1.47. The summed E-state index contributed by atoms with van der Waals surface area (Å²) in [6, 6.07) is 12.2. The standard InChI is InChI=1S/C13H10Cl2N2O2/c14-9-3-1-5-11(7-9)16-13(18)17(19)12-6-2-4-10(15)8-12/h1-8,19H,(H,16,18). The topological polar surface area (TPSA) is 52.6 Å². The first-order valence-electron chi connectivity index (χ1n) is 5.37. The van der Waals surface area contributed by atoms with Crippen LogP contribution in [0.4, 0.5) is 16.2 Å². The van der Waals surface area contributed by atoms with Crippen molar-refractivity contribution in [2.75, 3.05) is 10.4 Å². The summed E-state index contributed by atoms with van der Waals surface area (Å²) in [5, 5.41) is 13.7. The summed E-state index contributed by atoms with van der Waals surface area (Å²) in [5.41, 5.74) is 0.755. The molecule has 0 fully saturated rings. The highest BCUT2D eigenvalue weighted by atomic mass is 35.5. The number of carbonyl (C=O) groups is 1. The van der Waals surface area contributed by atoms with Crippen LogP contribution in [-0.4, -0.2) is 11.2 Å². The van der Waals surface area contributed by atoms with Gasteiger partial charge in [-0.1, -0.05) is 35.3 Å². The Bertz CT molecular complexity index is 605. The molecule has 2 aromatic rings. The minimum Gasteiger partial charge on any atom is -0.306 e. The normalized spacial score (nSPS) is 10.1. The van der Waals surface area contributed by atoms with Gasteiger partial charge in [0.05, 0.1) is 5.69 Å². The lowest BCUT2D eigenvalue weighted by atomic mass is 10.3. The Morgan fingerprint density at radius 3 is 2.32 bits per heavy atom. The quantitative estimate of drug-likeness (QED) is 0.636. The highest BCUT2D eigenvalue weighted by Crippen LogP contribution is 2.20. The fraction of sp³-hybridized carbons (Fsp3) is 0. The fourth-order valence-corrected chi connectivity index (χ4v) is 1.84. The summed E-state index contributed by atoms with van der Waals surface area (Å²) in [5.74, 6) is 0. The van der Waals surface area contributed by atoms with E-state index in [9.17, 15) is 10.0 Å². The zero-order valence-corrected chi connectivity index (χ0v) is 11.2. The molecule has 0 saturated carbocycles. The third kappa shape index (κ3) is 3.61. The van der Waals surface area contributed by atoms with Gasteiger partial charge in [0, 0.05) is 15.7 Å². The molecule has 0 aliphatic rings. The second kappa shape index (κ2) is 5.93. The van der Waals surface area contributed by atoms with E-state index in [4.69, 9.17) is 23.2 Å². The summed E-state index contributed by atoms with van der Waals surface area (Å²) in [4.78, 5) is 11.8. The Morgan fingerprint density at radius 1 is 1.05 bits per heavy atom. The van der Waals surface area contributed by atoms with Crippen molar-refractivity contribution in [3.63, 3.8) is 0 Å². The molecule has 0 spiro atoms. The Morgan fingerprint density at radius 2 is 1.68 bits per heavy atom. The van der Waals surface area contributed by atoms with Gasteiger partial charge in [-0.05, 0) is 36.4 Å². The second-order valence-electron chi connectivity index (χ2n) is 3.73. The van der Waals surface area contributed by atoms with Crippen LogP contribution >= 0.6 is 23.2 Å². The van der Waals surface area contributed by atoms with Crippen molar-refractivity contribution in [2.45, 2.75) is 0 Å². The minimum atomic E-state index is -0.704. The van der Waals surface area contributed by atoms with E-state index in [1.165, 1.54) is 6.07 Å². The number of urea groups is 1. The molecule has 0 radical (unpaired) electrons. The summed E-state index contributed by atoms with van der Waals surface area (Å²) < 4.78 is 0. The first-order valence-corrected chi connectivity index (χ1v) is 6.13. The van der Waals surface area contributed by atoms with Gasteiger partial charge in [-0.2, -0.15) is 5.06 Å². The molecule has 2 amide bonds. The molecular formula is C13H10Cl2N2O2. The van der Waals surface area contributed by atoms with E-state index in [1.54, 1.807) is 42.5 Å². The molecule has 4 nitrogen and oxygen atoms in total. The zero-order chi connectivity index (χ0) is 13.8. The van der Waals surface area contributed by atoms with Gasteiger partial charge in [0.25, 0.3) is 0 Å². The van der Waals surface area contributed by atoms with E-state index >= 15 is 0 Å². The van der Waals surface area contributed by atoms with Crippen LogP contribution in [0.5, 0.6) is 0 Å². The molecule has 0 unspecified atom stereocenters. The third-order valence-electron chi connectivity index (χ3n) is 2.32. The van der Waals surface area contributed by atoms with E-state index in [2.05, 4.69) is 5.32 Å². The largest absolute Gasteiger partial charge is 0.350 e. The first kappa shape index (κ1) is 13.7. The molecule has 2 rings (SSSR count). The third-order valence-corrected chi connectivity index (χ3v) is 2.79. The lowest BCUT2D eigenvalue weighted by molar-refractivity contribution is 0.216. The molecule has 0 aliphatic heterocycles. The Balaban J connectivity index is 2.12. The van der Waals surface area contributed by atoms with Crippen molar-refractivity contribution in [2.24, 2.45) is 0 Å². The van der Waals surface area contributed by atoms with Gasteiger partial charge in [-0.3, -0.25) is 5.21 Å². The lowest BCUT2D eigenvalue weighted by Crippen LogP contribution is -2.31. The number of nitrogens with one attached hydrogen (secondary N) is 1. The van der Waals surface area contributed by atoms with Crippen LogP contribution in [0.25, 0.3) is 0 Å². The van der Waals surface area contributed by atoms with Gasteiger partial charge < -0.3 is 5.32 Å². The number of anilines is 2. The molecule has 0 aromatic heterocycles. The van der Waals surface area contributed by atoms with Gasteiger partial charge in [-0.15, -0.1) is 0 Å². The van der Waals surface area contributed by atoms with Gasteiger partial charge in [0.15, 0.2) is 0 Å². The SMILES string of the molecule is O=C(Nc1cccc(Cl)c1)N(O)c1cccc(Cl)c1. The van der Waals surface area contributed by atoms with Crippen LogP contribution in [0.1, 0.15) is 0 Å². The Labute approximate surface area is 120 Å². The van der Waals surface area contributed by atoms with E-state index in [0.717, 1.165) is 0 Å². The number of nitrogens with zero attached hydrogens (tertiary/aromatic N) is 1. The molecule has 98 valence electrons. The van der Waals surface area contributed by atoms with Crippen LogP contribution in [0.2, 0.25) is 10.0 Å². The smallest absolute Gasteiger partial charge is 0.306 e. The van der Waals surface area contributed by atoms with E-state index in [-0.39, 0.29) is 5.69 Å². The number of rotatable bonds is 2. The summed E-state index contributed by atoms with van der Waals surface area (Å²) in [7, 11) is 0.